The predicted octanol–water partition coefficient (Wildman–Crippen LogP) is 2.41. The number of pyridine rings is 1. The zero-order valence-electron chi connectivity index (χ0n) is 16.4. The van der Waals surface area contributed by atoms with Gasteiger partial charge >= 0.3 is 0 Å². The lowest BCUT2D eigenvalue weighted by Gasteiger charge is -2.13. The minimum atomic E-state index is 0.544. The van der Waals surface area contributed by atoms with E-state index in [4.69, 9.17) is 14.2 Å². The van der Waals surface area contributed by atoms with Gasteiger partial charge in [0.2, 0.25) is 5.88 Å². The number of guanidine groups is 1. The lowest BCUT2D eigenvalue weighted by atomic mass is 10.1. The second-order valence-corrected chi connectivity index (χ2v) is 5.77. The number of aliphatic imine (C=N–C) groups is 1. The third-order valence-corrected chi connectivity index (χ3v) is 3.92. The van der Waals surface area contributed by atoms with E-state index in [-0.39, 0.29) is 0 Å². The van der Waals surface area contributed by atoms with Gasteiger partial charge in [0.15, 0.2) is 17.5 Å². The summed E-state index contributed by atoms with van der Waals surface area (Å²) < 4.78 is 15.7. The zero-order valence-corrected chi connectivity index (χ0v) is 16.4. The summed E-state index contributed by atoms with van der Waals surface area (Å²) >= 11 is 0. The molecule has 2 N–H and O–H groups in total. The number of nitrogens with zero attached hydrogens (tertiary/aromatic N) is 2. The van der Waals surface area contributed by atoms with Crippen molar-refractivity contribution in [3.8, 4) is 17.4 Å². The third kappa shape index (κ3) is 6.36. The van der Waals surface area contributed by atoms with E-state index in [2.05, 4.69) is 20.6 Å². The molecule has 7 heteroatoms. The first-order valence-corrected chi connectivity index (χ1v) is 8.92. The molecule has 0 saturated heterocycles. The maximum atomic E-state index is 5.35. The summed E-state index contributed by atoms with van der Waals surface area (Å²) in [5, 5.41) is 6.60. The highest BCUT2D eigenvalue weighted by Crippen LogP contribution is 2.27. The van der Waals surface area contributed by atoms with Crippen molar-refractivity contribution in [3.05, 3.63) is 47.7 Å². The van der Waals surface area contributed by atoms with Crippen molar-refractivity contribution >= 4 is 5.96 Å². The highest BCUT2D eigenvalue weighted by molar-refractivity contribution is 5.79. The van der Waals surface area contributed by atoms with Crippen LogP contribution >= 0.6 is 0 Å². The van der Waals surface area contributed by atoms with E-state index in [0.717, 1.165) is 48.1 Å². The SMILES string of the molecule is CCNC(=NCc1ccc(OC)nc1)NCCc1ccc(OC)c(OC)c1. The van der Waals surface area contributed by atoms with Gasteiger partial charge in [0, 0.05) is 25.4 Å². The molecule has 0 saturated carbocycles. The van der Waals surface area contributed by atoms with Gasteiger partial charge in [-0.3, -0.25) is 0 Å². The Bertz CT molecular complexity index is 733. The van der Waals surface area contributed by atoms with Crippen molar-refractivity contribution in [2.24, 2.45) is 4.99 Å². The maximum absolute atomic E-state index is 5.35. The van der Waals surface area contributed by atoms with Gasteiger partial charge < -0.3 is 24.8 Å². The molecule has 2 rings (SSSR count). The molecule has 1 aromatic carbocycles. The van der Waals surface area contributed by atoms with Crippen molar-refractivity contribution in [3.63, 3.8) is 0 Å². The van der Waals surface area contributed by atoms with E-state index in [0.29, 0.717) is 12.4 Å². The molecule has 0 radical (unpaired) electrons. The summed E-state index contributed by atoms with van der Waals surface area (Å²) in [6.07, 6.45) is 2.62. The van der Waals surface area contributed by atoms with E-state index in [9.17, 15) is 0 Å². The Morgan fingerprint density at radius 3 is 2.37 bits per heavy atom. The van der Waals surface area contributed by atoms with E-state index in [1.807, 2.05) is 37.3 Å². The first-order chi connectivity index (χ1) is 13.2. The summed E-state index contributed by atoms with van der Waals surface area (Å²) in [6, 6.07) is 9.75. The normalized spacial score (nSPS) is 11.0. The monoisotopic (exact) mass is 372 g/mol. The number of benzene rings is 1. The summed E-state index contributed by atoms with van der Waals surface area (Å²) in [5.41, 5.74) is 2.18. The summed E-state index contributed by atoms with van der Waals surface area (Å²) in [5.74, 6) is 2.84. The smallest absolute Gasteiger partial charge is 0.212 e. The van der Waals surface area contributed by atoms with E-state index in [1.54, 1.807) is 27.5 Å². The molecule has 0 aliphatic carbocycles. The molecule has 0 atom stereocenters. The van der Waals surface area contributed by atoms with Crippen LogP contribution < -0.4 is 24.8 Å². The van der Waals surface area contributed by atoms with Crippen LogP contribution in [0.15, 0.2) is 41.5 Å². The second-order valence-electron chi connectivity index (χ2n) is 5.77. The molecule has 0 aliphatic heterocycles. The molecule has 146 valence electrons. The van der Waals surface area contributed by atoms with E-state index < -0.39 is 0 Å². The molecule has 27 heavy (non-hydrogen) atoms. The predicted molar refractivity (Wildman–Crippen MR) is 107 cm³/mol. The molecule has 0 aliphatic rings. The lowest BCUT2D eigenvalue weighted by molar-refractivity contribution is 0.354. The second kappa shape index (κ2) is 10.9. The van der Waals surface area contributed by atoms with Gasteiger partial charge in [0.25, 0.3) is 0 Å². The molecule has 0 fully saturated rings. The number of hydrogen-bond donors (Lipinski definition) is 2. The number of rotatable bonds is 9. The van der Waals surface area contributed by atoms with Gasteiger partial charge in [-0.15, -0.1) is 0 Å². The Morgan fingerprint density at radius 1 is 0.963 bits per heavy atom. The fourth-order valence-electron chi connectivity index (χ4n) is 2.50. The summed E-state index contributed by atoms with van der Waals surface area (Å²) in [7, 11) is 4.88. The van der Waals surface area contributed by atoms with Crippen LogP contribution in [-0.2, 0) is 13.0 Å². The van der Waals surface area contributed by atoms with Crippen molar-refractivity contribution in [1.29, 1.82) is 0 Å². The maximum Gasteiger partial charge on any atom is 0.212 e. The number of ether oxygens (including phenoxy) is 3. The fourth-order valence-corrected chi connectivity index (χ4v) is 2.50. The van der Waals surface area contributed by atoms with Crippen molar-refractivity contribution in [1.82, 2.24) is 15.6 Å². The third-order valence-electron chi connectivity index (χ3n) is 3.92. The van der Waals surface area contributed by atoms with Gasteiger partial charge in [-0.2, -0.15) is 0 Å². The molecule has 1 heterocycles. The number of hydrogen-bond acceptors (Lipinski definition) is 5. The Morgan fingerprint density at radius 2 is 1.74 bits per heavy atom. The van der Waals surface area contributed by atoms with Crippen LogP contribution in [0.3, 0.4) is 0 Å². The number of methoxy groups -OCH3 is 3. The molecular formula is C20H28N4O3. The molecule has 0 spiro atoms. The number of nitrogens with one attached hydrogen (secondary N) is 2. The van der Waals surface area contributed by atoms with Crippen LogP contribution in [-0.4, -0.2) is 45.4 Å². The van der Waals surface area contributed by atoms with Crippen molar-refractivity contribution in [2.75, 3.05) is 34.4 Å². The first kappa shape index (κ1) is 20.4. The van der Waals surface area contributed by atoms with Gasteiger partial charge in [-0.25, -0.2) is 9.98 Å². The van der Waals surface area contributed by atoms with Gasteiger partial charge in [0.05, 0.1) is 27.9 Å². The highest BCUT2D eigenvalue weighted by atomic mass is 16.5. The van der Waals surface area contributed by atoms with Crippen LogP contribution in [0.4, 0.5) is 0 Å². The largest absolute Gasteiger partial charge is 0.493 e. The van der Waals surface area contributed by atoms with Crippen LogP contribution in [0.1, 0.15) is 18.1 Å². The van der Waals surface area contributed by atoms with Crippen molar-refractivity contribution in [2.45, 2.75) is 19.9 Å². The van der Waals surface area contributed by atoms with E-state index in [1.165, 1.54) is 0 Å². The lowest BCUT2D eigenvalue weighted by Crippen LogP contribution is -2.38. The molecule has 2 aromatic rings. The first-order valence-electron chi connectivity index (χ1n) is 8.92. The minimum Gasteiger partial charge on any atom is -0.493 e. The van der Waals surface area contributed by atoms with Crippen LogP contribution in [0.5, 0.6) is 17.4 Å². The Kier molecular flexibility index (Phi) is 8.22. The van der Waals surface area contributed by atoms with Gasteiger partial charge in [-0.1, -0.05) is 12.1 Å². The Balaban J connectivity index is 1.91. The fraction of sp³-hybridized carbons (Fsp3) is 0.400. The Labute approximate surface area is 160 Å². The molecule has 0 bridgehead atoms. The summed E-state index contributed by atoms with van der Waals surface area (Å²) in [4.78, 5) is 8.80. The van der Waals surface area contributed by atoms with Crippen LogP contribution in [0.2, 0.25) is 0 Å². The highest BCUT2D eigenvalue weighted by Gasteiger charge is 2.05. The zero-order chi connectivity index (χ0) is 19.5. The van der Waals surface area contributed by atoms with Crippen molar-refractivity contribution < 1.29 is 14.2 Å². The van der Waals surface area contributed by atoms with E-state index >= 15 is 0 Å². The van der Waals surface area contributed by atoms with Crippen LogP contribution in [0.25, 0.3) is 0 Å². The molecule has 1 aromatic heterocycles. The average molecular weight is 372 g/mol. The minimum absolute atomic E-state index is 0.544. The molecule has 0 unspecified atom stereocenters. The quantitative estimate of drug-likeness (QED) is 0.520. The van der Waals surface area contributed by atoms with Gasteiger partial charge in [0.1, 0.15) is 0 Å². The molecule has 0 amide bonds. The molecular weight excluding hydrogens is 344 g/mol. The Hall–Kier alpha value is -2.96. The van der Waals surface area contributed by atoms with Crippen LogP contribution in [0, 0.1) is 0 Å². The number of aromatic nitrogens is 1. The summed E-state index contributed by atoms with van der Waals surface area (Å²) in [6.45, 7) is 4.13. The standard InChI is InChI=1S/C20H28N4O3/c1-5-21-20(24-14-16-7-9-19(27-4)23-13-16)22-11-10-15-6-8-17(25-2)18(12-15)26-3/h6-9,12-13H,5,10-11,14H2,1-4H3,(H2,21,22,24). The average Bonchev–Trinajstić information content (AvgIpc) is 2.72. The molecule has 7 nitrogen and oxygen atoms in total. The van der Waals surface area contributed by atoms with Gasteiger partial charge in [-0.05, 0) is 36.6 Å². The topological polar surface area (TPSA) is 77.0 Å².